The van der Waals surface area contributed by atoms with Crippen molar-refractivity contribution in [1.29, 1.82) is 0 Å². The first kappa shape index (κ1) is 24.0. The van der Waals surface area contributed by atoms with Gasteiger partial charge in [0.25, 0.3) is 0 Å². The fraction of sp³-hybridized carbons (Fsp3) is 0.840. The molecule has 0 spiro atoms. The van der Waals surface area contributed by atoms with Crippen molar-refractivity contribution < 1.29 is 19.8 Å². The Morgan fingerprint density at radius 1 is 0.586 bits per heavy atom. The molecule has 0 atom stereocenters. The van der Waals surface area contributed by atoms with Crippen LogP contribution in [0.15, 0.2) is 12.2 Å². The van der Waals surface area contributed by atoms with Crippen LogP contribution >= 0.6 is 0 Å². The number of rotatable bonds is 13. The van der Waals surface area contributed by atoms with Crippen molar-refractivity contribution in [1.82, 2.24) is 0 Å². The second kappa shape index (κ2) is 12.4. The van der Waals surface area contributed by atoms with Crippen LogP contribution in [0.5, 0.6) is 0 Å². The van der Waals surface area contributed by atoms with Crippen LogP contribution in [0.3, 0.4) is 0 Å². The number of unbranched alkanes of at least 4 members (excludes halogenated alkanes) is 5. The average molecular weight is 407 g/mol. The van der Waals surface area contributed by atoms with Gasteiger partial charge in [0, 0.05) is 0 Å². The standard InChI is InChI=1S/C25H42O4/c26-22(27)24(18-12-8-13-19-24)16-10-6-4-2-1-3-5-7-11-17-25(23(28)29)20-14-9-15-21-25/h1-2H,3-21H2,(H,26,27)(H,28,29)/b2-1-. The van der Waals surface area contributed by atoms with Gasteiger partial charge in [-0.15, -0.1) is 0 Å². The fourth-order valence-electron chi connectivity index (χ4n) is 5.46. The quantitative estimate of drug-likeness (QED) is 0.252. The molecule has 29 heavy (non-hydrogen) atoms. The minimum Gasteiger partial charge on any atom is -0.481 e. The lowest BCUT2D eigenvalue weighted by atomic mass is 9.71. The third-order valence-electron chi connectivity index (χ3n) is 7.50. The van der Waals surface area contributed by atoms with E-state index >= 15 is 0 Å². The molecule has 4 nitrogen and oxygen atoms in total. The molecular weight excluding hydrogens is 364 g/mol. The Labute approximate surface area is 177 Å². The third-order valence-corrected chi connectivity index (χ3v) is 7.50. The van der Waals surface area contributed by atoms with E-state index in [9.17, 15) is 19.8 Å². The Bertz CT molecular complexity index is 525. The summed E-state index contributed by atoms with van der Waals surface area (Å²) in [6.45, 7) is 0. The van der Waals surface area contributed by atoms with Gasteiger partial charge in [-0.3, -0.25) is 9.59 Å². The Balaban J connectivity index is 1.51. The number of allylic oxidation sites excluding steroid dienone is 2. The normalized spacial score (nSPS) is 21.2. The van der Waals surface area contributed by atoms with E-state index in [1.807, 2.05) is 0 Å². The second-order valence-corrected chi connectivity index (χ2v) is 9.61. The maximum atomic E-state index is 11.7. The number of carbonyl (C=O) groups is 2. The summed E-state index contributed by atoms with van der Waals surface area (Å²) in [6, 6.07) is 0. The third kappa shape index (κ3) is 7.46. The molecule has 2 N–H and O–H groups in total. The minimum absolute atomic E-state index is 0.431. The maximum Gasteiger partial charge on any atom is 0.309 e. The van der Waals surface area contributed by atoms with Gasteiger partial charge in [-0.05, 0) is 64.2 Å². The highest BCUT2D eigenvalue weighted by atomic mass is 16.4. The molecule has 0 saturated heterocycles. The maximum absolute atomic E-state index is 11.7. The molecule has 0 aromatic carbocycles. The predicted octanol–water partition coefficient (Wildman–Crippen LogP) is 7.12. The van der Waals surface area contributed by atoms with Crippen molar-refractivity contribution in [3.8, 4) is 0 Å². The first-order chi connectivity index (χ1) is 14.0. The highest BCUT2D eigenvalue weighted by molar-refractivity contribution is 5.75. The topological polar surface area (TPSA) is 74.6 Å². The molecule has 4 heteroatoms. The zero-order chi connectivity index (χ0) is 21.0. The lowest BCUT2D eigenvalue weighted by Crippen LogP contribution is -2.33. The van der Waals surface area contributed by atoms with Crippen molar-refractivity contribution in [2.45, 2.75) is 122 Å². The molecule has 2 saturated carbocycles. The van der Waals surface area contributed by atoms with Crippen LogP contribution in [0.1, 0.15) is 122 Å². The van der Waals surface area contributed by atoms with Crippen LogP contribution in [-0.4, -0.2) is 22.2 Å². The predicted molar refractivity (Wildman–Crippen MR) is 117 cm³/mol. The number of carboxylic acids is 2. The first-order valence-corrected chi connectivity index (χ1v) is 12.1. The SMILES string of the molecule is O=C(O)C1(CCCC/C=C\CCCCCC2(C(=O)O)CCCCC2)CCCCC1. The van der Waals surface area contributed by atoms with Gasteiger partial charge in [0.2, 0.25) is 0 Å². The summed E-state index contributed by atoms with van der Waals surface area (Å²) < 4.78 is 0. The van der Waals surface area contributed by atoms with Gasteiger partial charge in [0.1, 0.15) is 0 Å². The second-order valence-electron chi connectivity index (χ2n) is 9.61. The summed E-state index contributed by atoms with van der Waals surface area (Å²) in [7, 11) is 0. The Morgan fingerprint density at radius 2 is 0.966 bits per heavy atom. The van der Waals surface area contributed by atoms with Gasteiger partial charge >= 0.3 is 11.9 Å². The van der Waals surface area contributed by atoms with Crippen LogP contribution in [0, 0.1) is 10.8 Å². The average Bonchev–Trinajstić information content (AvgIpc) is 2.73. The summed E-state index contributed by atoms with van der Waals surface area (Å²) in [6.07, 6.45) is 23.8. The van der Waals surface area contributed by atoms with Gasteiger partial charge in [-0.25, -0.2) is 0 Å². The molecule has 0 heterocycles. The van der Waals surface area contributed by atoms with Gasteiger partial charge in [-0.2, -0.15) is 0 Å². The molecule has 0 radical (unpaired) electrons. The van der Waals surface area contributed by atoms with E-state index in [0.29, 0.717) is 0 Å². The molecule has 0 aromatic rings. The van der Waals surface area contributed by atoms with Crippen molar-refractivity contribution >= 4 is 11.9 Å². The Hall–Kier alpha value is -1.32. The molecule has 2 fully saturated rings. The molecular formula is C25H42O4. The molecule has 0 amide bonds. The van der Waals surface area contributed by atoms with Gasteiger partial charge in [0.05, 0.1) is 10.8 Å². The monoisotopic (exact) mass is 406 g/mol. The lowest BCUT2D eigenvalue weighted by Gasteiger charge is -2.33. The van der Waals surface area contributed by atoms with Crippen LogP contribution in [0.25, 0.3) is 0 Å². The zero-order valence-corrected chi connectivity index (χ0v) is 18.3. The van der Waals surface area contributed by atoms with Crippen LogP contribution in [0.4, 0.5) is 0 Å². The van der Waals surface area contributed by atoms with Crippen molar-refractivity contribution in [2.24, 2.45) is 10.8 Å². The molecule has 2 aliphatic carbocycles. The molecule has 0 unspecified atom stereocenters. The summed E-state index contributed by atoms with van der Waals surface area (Å²) in [4.78, 5) is 23.4. The number of hydrogen-bond acceptors (Lipinski definition) is 2. The van der Waals surface area contributed by atoms with E-state index < -0.39 is 22.8 Å². The summed E-state index contributed by atoms with van der Waals surface area (Å²) >= 11 is 0. The molecule has 166 valence electrons. The van der Waals surface area contributed by atoms with E-state index in [-0.39, 0.29) is 0 Å². The summed E-state index contributed by atoms with van der Waals surface area (Å²) in [5.74, 6) is -1.15. The highest BCUT2D eigenvalue weighted by Crippen LogP contribution is 2.42. The Morgan fingerprint density at radius 3 is 1.38 bits per heavy atom. The van der Waals surface area contributed by atoms with Gasteiger partial charge in [0.15, 0.2) is 0 Å². The summed E-state index contributed by atoms with van der Waals surface area (Å²) in [5.41, 5.74) is -0.868. The van der Waals surface area contributed by atoms with E-state index in [4.69, 9.17) is 0 Å². The van der Waals surface area contributed by atoms with Crippen LogP contribution in [0.2, 0.25) is 0 Å². The van der Waals surface area contributed by atoms with E-state index in [0.717, 1.165) is 109 Å². The molecule has 2 aliphatic rings. The summed E-state index contributed by atoms with van der Waals surface area (Å²) in [5, 5.41) is 19.2. The van der Waals surface area contributed by atoms with Crippen LogP contribution < -0.4 is 0 Å². The largest absolute Gasteiger partial charge is 0.481 e. The van der Waals surface area contributed by atoms with E-state index in [1.165, 1.54) is 12.8 Å². The van der Waals surface area contributed by atoms with Gasteiger partial charge < -0.3 is 10.2 Å². The molecule has 0 aromatic heterocycles. The number of aliphatic carboxylic acids is 2. The van der Waals surface area contributed by atoms with Gasteiger partial charge in [-0.1, -0.05) is 69.9 Å². The smallest absolute Gasteiger partial charge is 0.309 e. The molecule has 0 bridgehead atoms. The lowest BCUT2D eigenvalue weighted by molar-refractivity contribution is -0.152. The minimum atomic E-state index is -0.578. The van der Waals surface area contributed by atoms with Crippen molar-refractivity contribution in [3.63, 3.8) is 0 Å². The van der Waals surface area contributed by atoms with Crippen molar-refractivity contribution in [3.05, 3.63) is 12.2 Å². The first-order valence-electron chi connectivity index (χ1n) is 12.1. The number of carboxylic acid groups (broad SMARTS) is 2. The molecule has 0 aliphatic heterocycles. The van der Waals surface area contributed by atoms with E-state index in [2.05, 4.69) is 12.2 Å². The highest BCUT2D eigenvalue weighted by Gasteiger charge is 2.39. The Kier molecular flexibility index (Phi) is 10.2. The van der Waals surface area contributed by atoms with Crippen LogP contribution in [-0.2, 0) is 9.59 Å². The van der Waals surface area contributed by atoms with E-state index in [1.54, 1.807) is 0 Å². The van der Waals surface area contributed by atoms with Crippen molar-refractivity contribution in [2.75, 3.05) is 0 Å². The molecule has 2 rings (SSSR count). The number of hydrogen-bond donors (Lipinski definition) is 2. The zero-order valence-electron chi connectivity index (χ0n) is 18.3. The fourth-order valence-corrected chi connectivity index (χ4v) is 5.46.